The first-order chi connectivity index (χ1) is 9.70. The highest BCUT2D eigenvalue weighted by molar-refractivity contribution is 7.10. The molecule has 0 amide bonds. The topological polar surface area (TPSA) is 63.0 Å². The van der Waals surface area contributed by atoms with E-state index in [0.717, 1.165) is 5.69 Å². The van der Waals surface area contributed by atoms with Crippen LogP contribution in [-0.2, 0) is 13.1 Å². The molecule has 0 bridgehead atoms. The number of thiophene rings is 1. The summed E-state index contributed by atoms with van der Waals surface area (Å²) in [5.41, 5.74) is 0.935. The van der Waals surface area contributed by atoms with Crippen LogP contribution < -0.4 is 5.32 Å². The van der Waals surface area contributed by atoms with Crippen molar-refractivity contribution in [2.24, 2.45) is 5.92 Å². The first kappa shape index (κ1) is 15.2. The van der Waals surface area contributed by atoms with Gasteiger partial charge in [0.2, 0.25) is 0 Å². The molecule has 20 heavy (non-hydrogen) atoms. The molecule has 0 radical (unpaired) electrons. The van der Waals surface area contributed by atoms with Crippen molar-refractivity contribution in [2.45, 2.75) is 39.4 Å². The van der Waals surface area contributed by atoms with E-state index in [4.69, 9.17) is 5.11 Å². The van der Waals surface area contributed by atoms with Crippen LogP contribution in [0.5, 0.6) is 0 Å². The summed E-state index contributed by atoms with van der Waals surface area (Å²) in [5, 5.41) is 22.7. The summed E-state index contributed by atoms with van der Waals surface area (Å²) in [6.07, 6.45) is 2.65. The Labute approximate surface area is 123 Å². The van der Waals surface area contributed by atoms with Gasteiger partial charge in [-0.2, -0.15) is 0 Å². The predicted octanol–water partition coefficient (Wildman–Crippen LogP) is 2.21. The number of aliphatic hydroxyl groups excluding tert-OH is 1. The first-order valence-electron chi connectivity index (χ1n) is 6.97. The van der Waals surface area contributed by atoms with Gasteiger partial charge in [-0.25, -0.2) is 0 Å². The zero-order valence-electron chi connectivity index (χ0n) is 12.0. The Morgan fingerprint density at radius 3 is 2.95 bits per heavy atom. The molecule has 0 spiro atoms. The molecule has 0 aliphatic rings. The van der Waals surface area contributed by atoms with Crippen LogP contribution in [0.1, 0.15) is 36.9 Å². The van der Waals surface area contributed by atoms with E-state index in [-0.39, 0.29) is 6.61 Å². The fraction of sp³-hybridized carbons (Fsp3) is 0.571. The summed E-state index contributed by atoms with van der Waals surface area (Å²) in [4.78, 5) is 1.35. The van der Waals surface area contributed by atoms with Crippen LogP contribution in [0.25, 0.3) is 0 Å². The van der Waals surface area contributed by atoms with E-state index < -0.39 is 0 Å². The Morgan fingerprint density at radius 1 is 1.45 bits per heavy atom. The quantitative estimate of drug-likeness (QED) is 0.783. The van der Waals surface area contributed by atoms with E-state index in [1.54, 1.807) is 16.0 Å². The molecule has 5 nitrogen and oxygen atoms in total. The molecule has 6 heteroatoms. The maximum Gasteiger partial charge on any atom is 0.0965 e. The number of hydrogen-bond acceptors (Lipinski definition) is 5. The summed E-state index contributed by atoms with van der Waals surface area (Å²) in [6.45, 7) is 6.04. The number of rotatable bonds is 8. The van der Waals surface area contributed by atoms with Crippen molar-refractivity contribution < 1.29 is 5.11 Å². The molecule has 2 aromatic rings. The van der Waals surface area contributed by atoms with Crippen molar-refractivity contribution in [1.29, 1.82) is 0 Å². The van der Waals surface area contributed by atoms with E-state index in [1.807, 2.05) is 6.20 Å². The second-order valence-electron chi connectivity index (χ2n) is 5.17. The smallest absolute Gasteiger partial charge is 0.0965 e. The molecule has 2 N–H and O–H groups in total. The first-order valence-corrected chi connectivity index (χ1v) is 7.85. The van der Waals surface area contributed by atoms with Crippen molar-refractivity contribution in [1.82, 2.24) is 20.3 Å². The average molecular weight is 294 g/mol. The maximum atomic E-state index is 8.80. The van der Waals surface area contributed by atoms with Crippen LogP contribution in [-0.4, -0.2) is 26.7 Å². The van der Waals surface area contributed by atoms with Crippen LogP contribution >= 0.6 is 11.3 Å². The summed E-state index contributed by atoms with van der Waals surface area (Å²) >= 11 is 1.78. The van der Waals surface area contributed by atoms with E-state index in [0.29, 0.717) is 31.5 Å². The molecule has 0 saturated heterocycles. The molecule has 0 aliphatic carbocycles. The third kappa shape index (κ3) is 4.13. The van der Waals surface area contributed by atoms with Crippen molar-refractivity contribution in [2.75, 3.05) is 6.61 Å². The Morgan fingerprint density at radius 2 is 2.30 bits per heavy atom. The normalized spacial score (nSPS) is 13.0. The van der Waals surface area contributed by atoms with Crippen molar-refractivity contribution in [3.63, 3.8) is 0 Å². The van der Waals surface area contributed by atoms with Gasteiger partial charge < -0.3 is 10.4 Å². The molecule has 0 aromatic carbocycles. The molecule has 1 atom stereocenters. The van der Waals surface area contributed by atoms with Gasteiger partial charge in [0.25, 0.3) is 0 Å². The van der Waals surface area contributed by atoms with Crippen LogP contribution in [0.3, 0.4) is 0 Å². The van der Waals surface area contributed by atoms with Gasteiger partial charge in [-0.15, -0.1) is 16.4 Å². The lowest BCUT2D eigenvalue weighted by Crippen LogP contribution is -2.24. The number of nitrogens with zero attached hydrogens (tertiary/aromatic N) is 3. The molecule has 0 saturated carbocycles. The number of hydrogen-bond donors (Lipinski definition) is 2. The lowest BCUT2D eigenvalue weighted by Gasteiger charge is -2.20. The second kappa shape index (κ2) is 7.52. The highest BCUT2D eigenvalue weighted by atomic mass is 32.1. The van der Waals surface area contributed by atoms with Gasteiger partial charge in [-0.3, -0.25) is 4.68 Å². The molecular weight excluding hydrogens is 272 g/mol. The SMILES string of the molecule is CC(C)C(NCc1cn(CCCO)nn1)c1cccs1. The Hall–Kier alpha value is -1.24. The number of aryl methyl sites for hydroxylation is 1. The standard InChI is InChI=1S/C14H22N4OS/c1-11(2)14(13-5-3-8-20-13)15-9-12-10-18(17-16-12)6-4-7-19/h3,5,8,10-11,14-15,19H,4,6-7,9H2,1-2H3. The maximum absolute atomic E-state index is 8.80. The van der Waals surface area contributed by atoms with Crippen LogP contribution in [0, 0.1) is 5.92 Å². The van der Waals surface area contributed by atoms with Gasteiger partial charge >= 0.3 is 0 Å². The third-order valence-electron chi connectivity index (χ3n) is 3.15. The summed E-state index contributed by atoms with van der Waals surface area (Å²) < 4.78 is 1.78. The Balaban J connectivity index is 1.91. The van der Waals surface area contributed by atoms with Gasteiger partial charge in [-0.1, -0.05) is 25.1 Å². The molecule has 2 heterocycles. The van der Waals surface area contributed by atoms with E-state index in [9.17, 15) is 0 Å². The van der Waals surface area contributed by atoms with Gasteiger partial charge in [0.05, 0.1) is 5.69 Å². The van der Waals surface area contributed by atoms with Crippen molar-refractivity contribution in [3.05, 3.63) is 34.3 Å². The highest BCUT2D eigenvalue weighted by Crippen LogP contribution is 2.25. The Kier molecular flexibility index (Phi) is 5.70. The molecular formula is C14H22N4OS. The molecule has 0 aliphatic heterocycles. The minimum absolute atomic E-state index is 0.182. The van der Waals surface area contributed by atoms with Crippen LogP contribution in [0.4, 0.5) is 0 Å². The average Bonchev–Trinajstić information content (AvgIpc) is 3.08. The minimum Gasteiger partial charge on any atom is -0.396 e. The lowest BCUT2D eigenvalue weighted by atomic mass is 10.0. The fourth-order valence-electron chi connectivity index (χ4n) is 2.11. The Bertz CT molecular complexity index is 495. The highest BCUT2D eigenvalue weighted by Gasteiger charge is 2.16. The summed E-state index contributed by atoms with van der Waals surface area (Å²) in [6, 6.07) is 4.60. The summed E-state index contributed by atoms with van der Waals surface area (Å²) in [7, 11) is 0. The van der Waals surface area contributed by atoms with E-state index in [2.05, 4.69) is 47.0 Å². The number of nitrogens with one attached hydrogen (secondary N) is 1. The van der Waals surface area contributed by atoms with Gasteiger partial charge in [0, 0.05) is 36.8 Å². The number of aliphatic hydroxyl groups is 1. The summed E-state index contributed by atoms with van der Waals surface area (Å²) in [5.74, 6) is 0.526. The van der Waals surface area contributed by atoms with Crippen LogP contribution in [0.15, 0.2) is 23.7 Å². The molecule has 2 aromatic heterocycles. The van der Waals surface area contributed by atoms with Gasteiger partial charge in [0.1, 0.15) is 0 Å². The molecule has 2 rings (SSSR count). The van der Waals surface area contributed by atoms with Crippen LogP contribution in [0.2, 0.25) is 0 Å². The van der Waals surface area contributed by atoms with Crippen molar-refractivity contribution >= 4 is 11.3 Å². The minimum atomic E-state index is 0.182. The zero-order chi connectivity index (χ0) is 14.4. The monoisotopic (exact) mass is 294 g/mol. The van der Waals surface area contributed by atoms with E-state index in [1.165, 1.54) is 4.88 Å². The van der Waals surface area contributed by atoms with Crippen molar-refractivity contribution in [3.8, 4) is 0 Å². The number of aromatic nitrogens is 3. The fourth-order valence-corrected chi connectivity index (χ4v) is 3.08. The second-order valence-corrected chi connectivity index (χ2v) is 6.15. The van der Waals surface area contributed by atoms with Gasteiger partial charge in [-0.05, 0) is 23.8 Å². The van der Waals surface area contributed by atoms with Gasteiger partial charge in [0.15, 0.2) is 0 Å². The predicted molar refractivity (Wildman–Crippen MR) is 80.5 cm³/mol. The molecule has 0 fully saturated rings. The lowest BCUT2D eigenvalue weighted by molar-refractivity contribution is 0.276. The molecule has 110 valence electrons. The zero-order valence-corrected chi connectivity index (χ0v) is 12.8. The molecule has 1 unspecified atom stereocenters. The van der Waals surface area contributed by atoms with E-state index >= 15 is 0 Å². The largest absolute Gasteiger partial charge is 0.396 e. The third-order valence-corrected chi connectivity index (χ3v) is 4.11.